The molecule has 3 aromatic rings. The van der Waals surface area contributed by atoms with Crippen molar-refractivity contribution in [2.75, 3.05) is 23.9 Å². The predicted molar refractivity (Wildman–Crippen MR) is 168 cm³/mol. The van der Waals surface area contributed by atoms with E-state index in [2.05, 4.69) is 5.32 Å². The number of benzene rings is 3. The highest BCUT2D eigenvalue weighted by atomic mass is 35.5. The van der Waals surface area contributed by atoms with Crippen molar-refractivity contribution in [2.24, 2.45) is 0 Å². The van der Waals surface area contributed by atoms with E-state index in [1.54, 1.807) is 35.2 Å². The van der Waals surface area contributed by atoms with Crippen molar-refractivity contribution in [3.05, 3.63) is 88.9 Å². The van der Waals surface area contributed by atoms with E-state index >= 15 is 0 Å². The Bertz CT molecular complexity index is 1500. The van der Waals surface area contributed by atoms with Crippen LogP contribution in [0.5, 0.6) is 11.5 Å². The van der Waals surface area contributed by atoms with Crippen LogP contribution in [0.25, 0.3) is 0 Å². The van der Waals surface area contributed by atoms with E-state index in [-0.39, 0.29) is 50.6 Å². The van der Waals surface area contributed by atoms with Crippen LogP contribution in [0, 0.1) is 0 Å². The molecular formula is C32H38ClN3O6S. The molecule has 1 aliphatic rings. The van der Waals surface area contributed by atoms with E-state index in [1.165, 1.54) is 4.31 Å². The molecule has 0 spiro atoms. The molecule has 0 radical (unpaired) electrons. The minimum absolute atomic E-state index is 0.0338. The summed E-state index contributed by atoms with van der Waals surface area (Å²) >= 11 is 6.11. The van der Waals surface area contributed by atoms with Gasteiger partial charge in [-0.1, -0.05) is 61.0 Å². The van der Waals surface area contributed by atoms with Gasteiger partial charge in [0.1, 0.15) is 6.04 Å². The summed E-state index contributed by atoms with van der Waals surface area (Å²) in [7, 11) is -3.66. The zero-order valence-electron chi connectivity index (χ0n) is 24.7. The minimum Gasteiger partial charge on any atom is -0.454 e. The first-order chi connectivity index (χ1) is 20.5. The number of carbonyl (C=O) groups is 2. The molecule has 2 amide bonds. The average molecular weight is 628 g/mol. The molecule has 4 rings (SSSR count). The Kier molecular flexibility index (Phi) is 10.9. The summed E-state index contributed by atoms with van der Waals surface area (Å²) in [6.07, 6.45) is 2.47. The third-order valence-electron chi connectivity index (χ3n) is 7.33. The molecule has 0 unspecified atom stereocenters. The van der Waals surface area contributed by atoms with Crippen molar-refractivity contribution in [2.45, 2.75) is 58.2 Å². The molecule has 0 bridgehead atoms. The lowest BCUT2D eigenvalue weighted by Gasteiger charge is -2.32. The van der Waals surface area contributed by atoms with Crippen molar-refractivity contribution in [3.8, 4) is 11.5 Å². The standard InChI is InChI=1S/C32H38ClN3O6S/c1-4-23(2)34-32(38)28(19-24-9-6-5-7-10-24)35(21-25-12-14-26(33)15-13-25)31(37)11-8-18-36(43(3,39)40)27-16-17-29-30(20-27)42-22-41-29/h5-7,9-10,12-17,20,23,28H,4,8,11,18-19,21-22H2,1-3H3,(H,34,38)/t23-,28-/m1/s1. The molecule has 0 aromatic heterocycles. The Balaban J connectivity index is 1.58. The van der Waals surface area contributed by atoms with Crippen LogP contribution in [0.4, 0.5) is 5.69 Å². The molecule has 0 aliphatic carbocycles. The summed E-state index contributed by atoms with van der Waals surface area (Å²) < 4.78 is 37.5. The molecule has 230 valence electrons. The van der Waals surface area contributed by atoms with Gasteiger partial charge in [-0.25, -0.2) is 8.42 Å². The summed E-state index contributed by atoms with van der Waals surface area (Å²) in [6, 6.07) is 20.8. The molecule has 1 N–H and O–H groups in total. The van der Waals surface area contributed by atoms with E-state index in [0.717, 1.165) is 23.8 Å². The molecule has 9 nitrogen and oxygen atoms in total. The number of hydrogen-bond acceptors (Lipinski definition) is 6. The number of carbonyl (C=O) groups excluding carboxylic acids is 2. The topological polar surface area (TPSA) is 105 Å². The second-order valence-corrected chi connectivity index (χ2v) is 13.0. The van der Waals surface area contributed by atoms with Crippen LogP contribution in [0.1, 0.15) is 44.2 Å². The van der Waals surface area contributed by atoms with E-state index in [1.807, 2.05) is 56.3 Å². The van der Waals surface area contributed by atoms with Crippen LogP contribution in [-0.2, 0) is 32.6 Å². The molecule has 0 saturated carbocycles. The summed E-state index contributed by atoms with van der Waals surface area (Å²) in [4.78, 5) is 29.2. The fraction of sp³-hybridized carbons (Fsp3) is 0.375. The Morgan fingerprint density at radius 2 is 1.67 bits per heavy atom. The lowest BCUT2D eigenvalue weighted by Crippen LogP contribution is -2.52. The quantitative estimate of drug-likeness (QED) is 0.264. The van der Waals surface area contributed by atoms with Gasteiger partial charge in [0.25, 0.3) is 0 Å². The van der Waals surface area contributed by atoms with Crippen molar-refractivity contribution < 1.29 is 27.5 Å². The molecular weight excluding hydrogens is 590 g/mol. The van der Waals surface area contributed by atoms with E-state index in [0.29, 0.717) is 28.6 Å². The zero-order valence-corrected chi connectivity index (χ0v) is 26.2. The van der Waals surface area contributed by atoms with Crippen molar-refractivity contribution >= 4 is 39.1 Å². The maximum atomic E-state index is 13.9. The van der Waals surface area contributed by atoms with Gasteiger partial charge in [-0.15, -0.1) is 0 Å². The van der Waals surface area contributed by atoms with Gasteiger partial charge in [0.15, 0.2) is 11.5 Å². The highest BCUT2D eigenvalue weighted by Crippen LogP contribution is 2.36. The van der Waals surface area contributed by atoms with Crippen LogP contribution in [0.2, 0.25) is 5.02 Å². The number of fused-ring (bicyclic) bond motifs is 1. The molecule has 0 fully saturated rings. The Hall–Kier alpha value is -3.76. The number of sulfonamides is 1. The normalized spacial score (nSPS) is 13.7. The second-order valence-electron chi connectivity index (χ2n) is 10.6. The van der Waals surface area contributed by atoms with Crippen molar-refractivity contribution in [3.63, 3.8) is 0 Å². The van der Waals surface area contributed by atoms with E-state index in [9.17, 15) is 18.0 Å². The zero-order chi connectivity index (χ0) is 31.0. The number of halogens is 1. The minimum atomic E-state index is -3.66. The second kappa shape index (κ2) is 14.6. The Morgan fingerprint density at radius 3 is 2.35 bits per heavy atom. The van der Waals surface area contributed by atoms with Crippen LogP contribution in [0.15, 0.2) is 72.8 Å². The van der Waals surface area contributed by atoms with Crippen LogP contribution >= 0.6 is 11.6 Å². The number of ether oxygens (including phenoxy) is 2. The van der Waals surface area contributed by atoms with Gasteiger partial charge in [0, 0.05) is 43.1 Å². The molecule has 43 heavy (non-hydrogen) atoms. The van der Waals surface area contributed by atoms with Crippen molar-refractivity contribution in [1.82, 2.24) is 10.2 Å². The molecule has 11 heteroatoms. The number of nitrogens with one attached hydrogen (secondary N) is 1. The monoisotopic (exact) mass is 627 g/mol. The molecule has 3 aromatic carbocycles. The average Bonchev–Trinajstić information content (AvgIpc) is 3.46. The molecule has 0 saturated heterocycles. The highest BCUT2D eigenvalue weighted by Gasteiger charge is 2.31. The van der Waals surface area contributed by atoms with Crippen LogP contribution in [0.3, 0.4) is 0 Å². The number of nitrogens with zero attached hydrogens (tertiary/aromatic N) is 2. The fourth-order valence-corrected chi connectivity index (χ4v) is 5.91. The van der Waals surface area contributed by atoms with Gasteiger partial charge in [0.2, 0.25) is 28.6 Å². The first kappa shape index (κ1) is 32.2. The molecule has 2 atom stereocenters. The summed E-state index contributed by atoms with van der Waals surface area (Å²) in [5, 5.41) is 3.62. The van der Waals surface area contributed by atoms with Gasteiger partial charge >= 0.3 is 0 Å². The summed E-state index contributed by atoms with van der Waals surface area (Å²) in [5.41, 5.74) is 2.17. The lowest BCUT2D eigenvalue weighted by atomic mass is 10.0. The largest absolute Gasteiger partial charge is 0.454 e. The van der Waals surface area contributed by atoms with Gasteiger partial charge in [-0.05, 0) is 55.2 Å². The van der Waals surface area contributed by atoms with E-state index in [4.69, 9.17) is 21.1 Å². The number of rotatable bonds is 14. The summed E-state index contributed by atoms with van der Waals surface area (Å²) in [5.74, 6) is 0.519. The lowest BCUT2D eigenvalue weighted by molar-refractivity contribution is -0.141. The van der Waals surface area contributed by atoms with Gasteiger partial charge < -0.3 is 19.7 Å². The summed E-state index contributed by atoms with van der Waals surface area (Å²) in [6.45, 7) is 4.26. The SMILES string of the molecule is CC[C@@H](C)NC(=O)[C@@H](Cc1ccccc1)N(Cc1ccc(Cl)cc1)C(=O)CCCN(c1ccc2c(c1)OCO2)S(C)(=O)=O. The predicted octanol–water partition coefficient (Wildman–Crippen LogP) is 5.17. The highest BCUT2D eigenvalue weighted by molar-refractivity contribution is 7.92. The first-order valence-electron chi connectivity index (χ1n) is 14.3. The van der Waals surface area contributed by atoms with Crippen LogP contribution in [-0.4, -0.2) is 56.8 Å². The van der Waals surface area contributed by atoms with Gasteiger partial charge in [-0.2, -0.15) is 0 Å². The number of hydrogen-bond donors (Lipinski definition) is 1. The Labute approximate surface area is 258 Å². The molecule has 1 aliphatic heterocycles. The van der Waals surface area contributed by atoms with Crippen LogP contribution < -0.4 is 19.1 Å². The number of anilines is 1. The molecule has 1 heterocycles. The maximum Gasteiger partial charge on any atom is 0.243 e. The first-order valence-corrected chi connectivity index (χ1v) is 16.5. The fourth-order valence-electron chi connectivity index (χ4n) is 4.83. The smallest absolute Gasteiger partial charge is 0.243 e. The van der Waals surface area contributed by atoms with Crippen molar-refractivity contribution in [1.29, 1.82) is 0 Å². The Morgan fingerprint density at radius 1 is 0.977 bits per heavy atom. The third-order valence-corrected chi connectivity index (χ3v) is 8.78. The number of amides is 2. The van der Waals surface area contributed by atoms with Gasteiger partial charge in [-0.3, -0.25) is 13.9 Å². The maximum absolute atomic E-state index is 13.9. The van der Waals surface area contributed by atoms with E-state index < -0.39 is 16.1 Å². The van der Waals surface area contributed by atoms with Gasteiger partial charge in [0.05, 0.1) is 11.9 Å². The third kappa shape index (κ3) is 8.87.